The van der Waals surface area contributed by atoms with Gasteiger partial charge in [-0.1, -0.05) is 0 Å². The van der Waals surface area contributed by atoms with Crippen LogP contribution < -0.4 is 5.32 Å². The molecule has 8 nitrogen and oxygen atoms in total. The lowest BCUT2D eigenvalue weighted by atomic mass is 10.0. The number of likely N-dealkylation sites (tertiary alicyclic amines) is 1. The number of piperidine rings is 1. The summed E-state index contributed by atoms with van der Waals surface area (Å²) in [5.74, 6) is 0.634. The van der Waals surface area contributed by atoms with E-state index in [1.807, 2.05) is 17.0 Å². The Morgan fingerprint density at radius 1 is 1.23 bits per heavy atom. The Hall–Kier alpha value is -2.91. The molecular weight excluding hydrogens is 404 g/mol. The van der Waals surface area contributed by atoms with Gasteiger partial charge in [0.2, 0.25) is 5.91 Å². The molecule has 1 N–H and O–H groups in total. The van der Waals surface area contributed by atoms with Gasteiger partial charge in [-0.05, 0) is 57.2 Å². The fraction of sp³-hybridized carbons (Fsp3) is 0.381. The van der Waals surface area contributed by atoms with Gasteiger partial charge in [0.15, 0.2) is 10.9 Å². The summed E-state index contributed by atoms with van der Waals surface area (Å²) in [6, 6.07) is 7.14. The van der Waals surface area contributed by atoms with E-state index in [1.54, 1.807) is 23.8 Å². The van der Waals surface area contributed by atoms with Gasteiger partial charge in [-0.25, -0.2) is 4.98 Å². The SMILES string of the molecule is CN1CCC(N(Cc2ccco2)C(=O)Cc2csc(NC(=O)c3ccco3)n2)CC1. The molecule has 1 aliphatic heterocycles. The van der Waals surface area contributed by atoms with Crippen LogP contribution in [0.3, 0.4) is 0 Å². The van der Waals surface area contributed by atoms with Gasteiger partial charge in [0.25, 0.3) is 5.91 Å². The van der Waals surface area contributed by atoms with Crippen molar-refractivity contribution in [3.63, 3.8) is 0 Å². The first kappa shape index (κ1) is 20.4. The Bertz CT molecular complexity index is 959. The number of hydrogen-bond donors (Lipinski definition) is 1. The molecule has 1 aliphatic rings. The van der Waals surface area contributed by atoms with Crippen LogP contribution >= 0.6 is 11.3 Å². The van der Waals surface area contributed by atoms with E-state index in [2.05, 4.69) is 22.2 Å². The number of anilines is 1. The minimum absolute atomic E-state index is 0.00941. The normalized spacial score (nSPS) is 15.2. The van der Waals surface area contributed by atoms with Crippen molar-refractivity contribution in [3.8, 4) is 0 Å². The zero-order chi connectivity index (χ0) is 20.9. The Kier molecular flexibility index (Phi) is 6.29. The quantitative estimate of drug-likeness (QED) is 0.621. The molecule has 3 aromatic rings. The molecule has 3 aromatic heterocycles. The Morgan fingerprint density at radius 2 is 2.00 bits per heavy atom. The van der Waals surface area contributed by atoms with Crippen LogP contribution in [0.25, 0.3) is 0 Å². The van der Waals surface area contributed by atoms with E-state index < -0.39 is 0 Å². The zero-order valence-corrected chi connectivity index (χ0v) is 17.6. The van der Waals surface area contributed by atoms with Gasteiger partial charge in [0.05, 0.1) is 31.2 Å². The first-order valence-electron chi connectivity index (χ1n) is 9.88. The number of nitrogens with one attached hydrogen (secondary N) is 1. The van der Waals surface area contributed by atoms with Gasteiger partial charge >= 0.3 is 0 Å². The van der Waals surface area contributed by atoms with Crippen molar-refractivity contribution < 1.29 is 18.4 Å². The summed E-state index contributed by atoms with van der Waals surface area (Å²) >= 11 is 1.29. The number of amides is 2. The van der Waals surface area contributed by atoms with E-state index in [1.165, 1.54) is 17.6 Å². The molecule has 4 heterocycles. The molecule has 2 amide bonds. The number of carbonyl (C=O) groups is 2. The minimum Gasteiger partial charge on any atom is -0.467 e. The van der Waals surface area contributed by atoms with Crippen molar-refractivity contribution in [1.29, 1.82) is 0 Å². The second-order valence-electron chi connectivity index (χ2n) is 7.39. The predicted octanol–water partition coefficient (Wildman–Crippen LogP) is 3.25. The number of carbonyl (C=O) groups excluding carboxylic acids is 2. The Morgan fingerprint density at radius 3 is 2.70 bits per heavy atom. The summed E-state index contributed by atoms with van der Waals surface area (Å²) in [4.78, 5) is 33.9. The summed E-state index contributed by atoms with van der Waals surface area (Å²) in [6.45, 7) is 2.38. The van der Waals surface area contributed by atoms with Crippen LogP contribution in [0.4, 0.5) is 5.13 Å². The molecule has 9 heteroatoms. The van der Waals surface area contributed by atoms with Gasteiger partial charge in [0.1, 0.15) is 5.76 Å². The van der Waals surface area contributed by atoms with Crippen LogP contribution in [0.1, 0.15) is 34.9 Å². The van der Waals surface area contributed by atoms with E-state index in [-0.39, 0.29) is 30.0 Å². The fourth-order valence-corrected chi connectivity index (χ4v) is 4.27. The van der Waals surface area contributed by atoms with E-state index >= 15 is 0 Å². The van der Waals surface area contributed by atoms with Gasteiger partial charge in [0, 0.05) is 11.4 Å². The third kappa shape index (κ3) is 4.98. The summed E-state index contributed by atoms with van der Waals surface area (Å²) < 4.78 is 10.6. The standard InChI is InChI=1S/C21H24N4O4S/c1-24-8-6-16(7-9-24)25(13-17-4-2-10-28-17)19(26)12-15-14-30-21(22-15)23-20(27)18-5-3-11-29-18/h2-5,10-11,14,16H,6-9,12-13H2,1H3,(H,22,23,27). The second kappa shape index (κ2) is 9.27. The number of furan rings is 2. The smallest absolute Gasteiger partial charge is 0.293 e. The largest absolute Gasteiger partial charge is 0.467 e. The summed E-state index contributed by atoms with van der Waals surface area (Å²) in [7, 11) is 2.10. The van der Waals surface area contributed by atoms with Crippen molar-refractivity contribution in [2.75, 3.05) is 25.5 Å². The Labute approximate surface area is 178 Å². The molecule has 0 atom stereocenters. The highest BCUT2D eigenvalue weighted by molar-refractivity contribution is 7.14. The van der Waals surface area contributed by atoms with Crippen LogP contribution in [0.15, 0.2) is 51.0 Å². The van der Waals surface area contributed by atoms with Crippen molar-refractivity contribution in [2.24, 2.45) is 0 Å². The van der Waals surface area contributed by atoms with Gasteiger partial charge in [-0.2, -0.15) is 0 Å². The minimum atomic E-state index is -0.363. The molecule has 0 bridgehead atoms. The Balaban J connectivity index is 1.41. The molecule has 0 spiro atoms. The van der Waals surface area contributed by atoms with Crippen molar-refractivity contribution in [3.05, 3.63) is 59.4 Å². The van der Waals surface area contributed by atoms with Crippen LogP contribution in [-0.4, -0.2) is 52.8 Å². The first-order chi connectivity index (χ1) is 14.6. The summed E-state index contributed by atoms with van der Waals surface area (Å²) in [5, 5.41) is 4.94. The highest BCUT2D eigenvalue weighted by Crippen LogP contribution is 2.22. The lowest BCUT2D eigenvalue weighted by Gasteiger charge is -2.37. The predicted molar refractivity (Wildman–Crippen MR) is 112 cm³/mol. The topological polar surface area (TPSA) is 91.8 Å². The highest BCUT2D eigenvalue weighted by atomic mass is 32.1. The maximum Gasteiger partial charge on any atom is 0.293 e. The lowest BCUT2D eigenvalue weighted by Crippen LogP contribution is -2.46. The zero-order valence-electron chi connectivity index (χ0n) is 16.7. The van der Waals surface area contributed by atoms with Crippen LogP contribution in [0.5, 0.6) is 0 Å². The molecule has 0 aliphatic carbocycles. The second-order valence-corrected chi connectivity index (χ2v) is 8.25. The number of hydrogen-bond acceptors (Lipinski definition) is 7. The van der Waals surface area contributed by atoms with Crippen molar-refractivity contribution >= 4 is 28.3 Å². The highest BCUT2D eigenvalue weighted by Gasteiger charge is 2.28. The number of thiazole rings is 1. The van der Waals surface area contributed by atoms with E-state index in [0.29, 0.717) is 17.4 Å². The monoisotopic (exact) mass is 428 g/mol. The van der Waals surface area contributed by atoms with Crippen molar-refractivity contribution in [1.82, 2.24) is 14.8 Å². The molecule has 0 unspecified atom stereocenters. The molecule has 30 heavy (non-hydrogen) atoms. The summed E-state index contributed by atoms with van der Waals surface area (Å²) in [5.41, 5.74) is 0.636. The molecular formula is C21H24N4O4S. The maximum absolute atomic E-state index is 13.2. The maximum atomic E-state index is 13.2. The van der Waals surface area contributed by atoms with E-state index in [4.69, 9.17) is 8.83 Å². The first-order valence-corrected chi connectivity index (χ1v) is 10.8. The van der Waals surface area contributed by atoms with Crippen LogP contribution in [0.2, 0.25) is 0 Å². The number of nitrogens with zero attached hydrogens (tertiary/aromatic N) is 3. The lowest BCUT2D eigenvalue weighted by molar-refractivity contribution is -0.134. The molecule has 0 saturated carbocycles. The molecule has 1 saturated heterocycles. The fourth-order valence-electron chi connectivity index (χ4n) is 3.57. The molecule has 0 radical (unpaired) electrons. The van der Waals surface area contributed by atoms with Gasteiger partial charge in [-0.15, -0.1) is 11.3 Å². The molecule has 0 aromatic carbocycles. The van der Waals surface area contributed by atoms with Crippen LogP contribution in [-0.2, 0) is 17.8 Å². The molecule has 1 fully saturated rings. The van der Waals surface area contributed by atoms with E-state index in [0.717, 1.165) is 31.7 Å². The van der Waals surface area contributed by atoms with E-state index in [9.17, 15) is 9.59 Å². The average molecular weight is 429 g/mol. The summed E-state index contributed by atoms with van der Waals surface area (Å²) in [6.07, 6.45) is 5.12. The van der Waals surface area contributed by atoms with Crippen molar-refractivity contribution in [2.45, 2.75) is 31.8 Å². The van der Waals surface area contributed by atoms with Gasteiger partial charge < -0.3 is 18.6 Å². The van der Waals surface area contributed by atoms with Gasteiger partial charge in [-0.3, -0.25) is 14.9 Å². The number of rotatable bonds is 7. The molecule has 158 valence electrons. The third-order valence-electron chi connectivity index (χ3n) is 5.21. The third-order valence-corrected chi connectivity index (χ3v) is 6.01. The number of aromatic nitrogens is 1. The molecule has 4 rings (SSSR count). The average Bonchev–Trinajstić information content (AvgIpc) is 3.50. The van der Waals surface area contributed by atoms with Crippen LogP contribution in [0, 0.1) is 0 Å².